The number of methoxy groups -OCH3 is 1. The predicted octanol–water partition coefficient (Wildman–Crippen LogP) is -0.452. The molecule has 0 aromatic heterocycles. The van der Waals surface area contributed by atoms with Crippen LogP contribution in [0.25, 0.3) is 0 Å². The summed E-state index contributed by atoms with van der Waals surface area (Å²) >= 11 is 0. The number of hydrogen-bond acceptors (Lipinski definition) is 6. The van der Waals surface area contributed by atoms with Gasteiger partial charge < -0.3 is 24.1 Å². The lowest BCUT2D eigenvalue weighted by molar-refractivity contribution is -0.155. The SMILES string of the molecule is COCCOCC(=O)OCCOC(C)O. The molecule has 0 radical (unpaired) electrons. The summed E-state index contributed by atoms with van der Waals surface area (Å²) in [6.45, 7) is 2.46. The molecular weight excluding hydrogens is 204 g/mol. The van der Waals surface area contributed by atoms with Crippen LogP contribution in [0.2, 0.25) is 0 Å². The molecule has 1 N–H and O–H groups in total. The summed E-state index contributed by atoms with van der Waals surface area (Å²) in [7, 11) is 1.55. The van der Waals surface area contributed by atoms with Crippen LogP contribution < -0.4 is 0 Å². The fraction of sp³-hybridized carbons (Fsp3) is 0.889. The molecule has 0 spiro atoms. The molecule has 6 nitrogen and oxygen atoms in total. The van der Waals surface area contributed by atoms with Crippen molar-refractivity contribution in [3.63, 3.8) is 0 Å². The van der Waals surface area contributed by atoms with E-state index in [4.69, 9.17) is 24.1 Å². The molecule has 90 valence electrons. The number of ether oxygens (including phenoxy) is 4. The molecule has 0 aliphatic heterocycles. The van der Waals surface area contributed by atoms with Gasteiger partial charge in [0.2, 0.25) is 0 Å². The zero-order valence-electron chi connectivity index (χ0n) is 9.10. The fourth-order valence-electron chi connectivity index (χ4n) is 0.714. The van der Waals surface area contributed by atoms with Gasteiger partial charge in [0.05, 0.1) is 19.8 Å². The minimum absolute atomic E-state index is 0.0992. The average Bonchev–Trinajstić information content (AvgIpc) is 2.19. The number of rotatable bonds is 9. The van der Waals surface area contributed by atoms with Crippen molar-refractivity contribution in [3.8, 4) is 0 Å². The zero-order valence-corrected chi connectivity index (χ0v) is 9.10. The van der Waals surface area contributed by atoms with Crippen LogP contribution in [-0.4, -0.2) is 57.5 Å². The van der Waals surface area contributed by atoms with Gasteiger partial charge in [-0.2, -0.15) is 0 Å². The second kappa shape index (κ2) is 9.85. The van der Waals surface area contributed by atoms with Crippen molar-refractivity contribution in [3.05, 3.63) is 0 Å². The summed E-state index contributed by atoms with van der Waals surface area (Å²) in [5.74, 6) is -0.458. The van der Waals surface area contributed by atoms with Gasteiger partial charge in [-0.25, -0.2) is 4.79 Å². The van der Waals surface area contributed by atoms with Crippen LogP contribution in [0, 0.1) is 0 Å². The number of esters is 1. The Kier molecular flexibility index (Phi) is 9.40. The highest BCUT2D eigenvalue weighted by Gasteiger charge is 2.02. The predicted molar refractivity (Wildman–Crippen MR) is 51.3 cm³/mol. The molecule has 0 bridgehead atoms. The number of aliphatic hydroxyl groups is 1. The van der Waals surface area contributed by atoms with E-state index in [1.54, 1.807) is 7.11 Å². The maximum atomic E-state index is 10.9. The smallest absolute Gasteiger partial charge is 0.332 e. The third-order valence-corrected chi connectivity index (χ3v) is 1.36. The Balaban J connectivity index is 3.19. The molecule has 0 aromatic carbocycles. The Hall–Kier alpha value is -0.690. The Bertz CT molecular complexity index is 159. The van der Waals surface area contributed by atoms with Crippen molar-refractivity contribution in [2.75, 3.05) is 40.1 Å². The van der Waals surface area contributed by atoms with E-state index in [0.29, 0.717) is 13.2 Å². The van der Waals surface area contributed by atoms with E-state index < -0.39 is 12.3 Å². The van der Waals surface area contributed by atoms with Gasteiger partial charge in [-0.1, -0.05) is 0 Å². The quantitative estimate of drug-likeness (QED) is 0.323. The summed E-state index contributed by atoms with van der Waals surface area (Å²) in [6.07, 6.45) is -0.846. The molecular formula is C9H18O6. The van der Waals surface area contributed by atoms with Crippen LogP contribution in [0.3, 0.4) is 0 Å². The first-order valence-corrected chi connectivity index (χ1v) is 4.68. The summed E-state index contributed by atoms with van der Waals surface area (Å²) < 4.78 is 19.1. The molecule has 0 amide bonds. The van der Waals surface area contributed by atoms with Crippen LogP contribution in [0.4, 0.5) is 0 Å². The van der Waals surface area contributed by atoms with E-state index in [-0.39, 0.29) is 19.8 Å². The molecule has 1 atom stereocenters. The lowest BCUT2D eigenvalue weighted by Gasteiger charge is -2.07. The molecule has 6 heteroatoms. The monoisotopic (exact) mass is 222 g/mol. The topological polar surface area (TPSA) is 74.2 Å². The van der Waals surface area contributed by atoms with Gasteiger partial charge >= 0.3 is 5.97 Å². The largest absolute Gasteiger partial charge is 0.462 e. The number of carbonyl (C=O) groups excluding carboxylic acids is 1. The minimum Gasteiger partial charge on any atom is -0.462 e. The summed E-state index contributed by atoms with van der Waals surface area (Å²) in [4.78, 5) is 10.9. The standard InChI is InChI=1S/C9H18O6/c1-8(10)14-5-6-15-9(11)7-13-4-3-12-2/h8,10H,3-7H2,1-2H3. The highest BCUT2D eigenvalue weighted by atomic mass is 16.6. The van der Waals surface area contributed by atoms with Crippen LogP contribution >= 0.6 is 0 Å². The van der Waals surface area contributed by atoms with Crippen molar-refractivity contribution in [2.45, 2.75) is 13.2 Å². The molecule has 0 aromatic rings. The summed E-state index contributed by atoms with van der Waals surface area (Å²) in [5.41, 5.74) is 0. The van der Waals surface area contributed by atoms with Gasteiger partial charge in [0.25, 0.3) is 0 Å². The van der Waals surface area contributed by atoms with Gasteiger partial charge in [0, 0.05) is 7.11 Å². The third kappa shape index (κ3) is 11.2. The molecule has 0 saturated heterocycles. The highest BCUT2D eigenvalue weighted by molar-refractivity contribution is 5.70. The molecule has 15 heavy (non-hydrogen) atoms. The number of aliphatic hydroxyl groups excluding tert-OH is 1. The van der Waals surface area contributed by atoms with Crippen LogP contribution in [-0.2, 0) is 23.7 Å². The van der Waals surface area contributed by atoms with E-state index in [1.807, 2.05) is 0 Å². The van der Waals surface area contributed by atoms with E-state index in [2.05, 4.69) is 0 Å². The van der Waals surface area contributed by atoms with E-state index in [9.17, 15) is 4.79 Å². The molecule has 0 fully saturated rings. The normalized spacial score (nSPS) is 12.5. The van der Waals surface area contributed by atoms with Crippen LogP contribution in [0.5, 0.6) is 0 Å². The molecule has 0 aliphatic carbocycles. The molecule has 0 heterocycles. The first-order chi connectivity index (χ1) is 7.16. The van der Waals surface area contributed by atoms with Crippen LogP contribution in [0.15, 0.2) is 0 Å². The van der Waals surface area contributed by atoms with Crippen molar-refractivity contribution < 1.29 is 28.8 Å². The second-order valence-electron chi connectivity index (χ2n) is 2.74. The van der Waals surface area contributed by atoms with Crippen molar-refractivity contribution in [2.24, 2.45) is 0 Å². The number of carbonyl (C=O) groups is 1. The van der Waals surface area contributed by atoms with E-state index >= 15 is 0 Å². The Morgan fingerprint density at radius 3 is 2.60 bits per heavy atom. The fourth-order valence-corrected chi connectivity index (χ4v) is 0.714. The molecule has 0 saturated carbocycles. The lowest BCUT2D eigenvalue weighted by atomic mass is 10.6. The van der Waals surface area contributed by atoms with Crippen LogP contribution in [0.1, 0.15) is 6.92 Å². The third-order valence-electron chi connectivity index (χ3n) is 1.36. The first kappa shape index (κ1) is 14.3. The van der Waals surface area contributed by atoms with Gasteiger partial charge in [-0.3, -0.25) is 0 Å². The van der Waals surface area contributed by atoms with E-state index in [0.717, 1.165) is 0 Å². The molecule has 0 aliphatic rings. The Labute approximate surface area is 89.1 Å². The Morgan fingerprint density at radius 2 is 2.00 bits per heavy atom. The molecule has 1 unspecified atom stereocenters. The van der Waals surface area contributed by atoms with Gasteiger partial charge in [-0.15, -0.1) is 0 Å². The maximum absolute atomic E-state index is 10.9. The maximum Gasteiger partial charge on any atom is 0.332 e. The lowest BCUT2D eigenvalue weighted by Crippen LogP contribution is -2.18. The van der Waals surface area contributed by atoms with Crippen molar-refractivity contribution >= 4 is 5.97 Å². The molecule has 0 rings (SSSR count). The summed E-state index contributed by atoms with van der Waals surface area (Å²) in [5, 5.41) is 8.72. The highest BCUT2D eigenvalue weighted by Crippen LogP contribution is 1.86. The minimum atomic E-state index is -0.846. The van der Waals surface area contributed by atoms with Gasteiger partial charge in [0.1, 0.15) is 13.2 Å². The van der Waals surface area contributed by atoms with Crippen molar-refractivity contribution in [1.29, 1.82) is 0 Å². The zero-order chi connectivity index (χ0) is 11.5. The number of hydrogen-bond donors (Lipinski definition) is 1. The van der Waals surface area contributed by atoms with Gasteiger partial charge in [0.15, 0.2) is 6.29 Å². The summed E-state index contributed by atoms with van der Waals surface area (Å²) in [6, 6.07) is 0. The second-order valence-corrected chi connectivity index (χ2v) is 2.74. The van der Waals surface area contributed by atoms with Crippen molar-refractivity contribution in [1.82, 2.24) is 0 Å². The average molecular weight is 222 g/mol. The Morgan fingerprint density at radius 1 is 1.27 bits per heavy atom. The first-order valence-electron chi connectivity index (χ1n) is 4.68. The van der Waals surface area contributed by atoms with E-state index in [1.165, 1.54) is 6.92 Å². The van der Waals surface area contributed by atoms with Gasteiger partial charge in [-0.05, 0) is 6.92 Å².